The van der Waals surface area contributed by atoms with Crippen molar-refractivity contribution in [2.75, 3.05) is 0 Å². The van der Waals surface area contributed by atoms with Crippen LogP contribution in [0.2, 0.25) is 0 Å². The summed E-state index contributed by atoms with van der Waals surface area (Å²) in [6, 6.07) is 48.3. The lowest BCUT2D eigenvalue weighted by Crippen LogP contribution is -2.08. The Balaban J connectivity index is 1.33. The number of rotatable bonds is 5. The first kappa shape index (κ1) is 24.4. The Morgan fingerprint density at radius 1 is 0.619 bits per heavy atom. The van der Waals surface area contributed by atoms with Crippen molar-refractivity contribution in [3.05, 3.63) is 151 Å². The fourth-order valence-electron chi connectivity index (χ4n) is 5.97. The molecule has 2 aromatic heterocycles. The molecule has 8 rings (SSSR count). The van der Waals surface area contributed by atoms with Crippen LogP contribution in [-0.4, -0.2) is 10.8 Å². The highest BCUT2D eigenvalue weighted by atomic mass is 16.3. The molecule has 0 radical (unpaired) electrons. The number of furan rings is 1. The third-order valence-electron chi connectivity index (χ3n) is 8.06. The van der Waals surface area contributed by atoms with Gasteiger partial charge < -0.3 is 14.7 Å². The molecule has 0 fully saturated rings. The lowest BCUT2D eigenvalue weighted by atomic mass is 10.0. The molecule has 0 amide bonds. The van der Waals surface area contributed by atoms with E-state index in [0.29, 0.717) is 0 Å². The zero-order valence-corrected chi connectivity index (χ0v) is 22.8. The van der Waals surface area contributed by atoms with E-state index in [-0.39, 0.29) is 0 Å². The first-order chi connectivity index (χ1) is 20.7. The fraction of sp³-hybridized carbons (Fsp3) is 0.0263. The monoisotopic (exact) mass is 541 g/mol. The van der Waals surface area contributed by atoms with E-state index in [0.717, 1.165) is 55.2 Å². The van der Waals surface area contributed by atoms with E-state index >= 15 is 0 Å². The van der Waals surface area contributed by atoms with Crippen LogP contribution in [0, 0.1) is 0 Å². The van der Waals surface area contributed by atoms with Crippen LogP contribution in [0.3, 0.4) is 0 Å². The Labute approximate surface area is 243 Å². The number of hydrogen-bond donors (Lipinski definition) is 1. The summed E-state index contributed by atoms with van der Waals surface area (Å²) in [4.78, 5) is 4.60. The van der Waals surface area contributed by atoms with Gasteiger partial charge in [0.05, 0.1) is 11.0 Å². The number of aromatic nitrogens is 1. The second-order valence-corrected chi connectivity index (χ2v) is 10.6. The molecule has 4 heteroatoms. The summed E-state index contributed by atoms with van der Waals surface area (Å²) in [5, 5.41) is 4.57. The number of nitrogens with zero attached hydrogens (tertiary/aromatic N) is 2. The van der Waals surface area contributed by atoms with Gasteiger partial charge in [0.1, 0.15) is 11.7 Å². The molecule has 2 heterocycles. The molecule has 0 spiro atoms. The van der Waals surface area contributed by atoms with Crippen LogP contribution in [-0.2, 0) is 0 Å². The summed E-state index contributed by atoms with van der Waals surface area (Å²) >= 11 is 0. The van der Waals surface area contributed by atoms with E-state index in [4.69, 9.17) is 10.2 Å². The van der Waals surface area contributed by atoms with E-state index in [1.165, 1.54) is 16.5 Å². The van der Waals surface area contributed by atoms with Gasteiger partial charge in [-0.1, -0.05) is 109 Å². The van der Waals surface area contributed by atoms with Crippen LogP contribution >= 0.6 is 0 Å². The van der Waals surface area contributed by atoms with Crippen molar-refractivity contribution < 1.29 is 4.42 Å². The molecule has 2 N–H and O–H groups in total. The van der Waals surface area contributed by atoms with Crippen molar-refractivity contribution in [1.82, 2.24) is 4.57 Å². The molecule has 0 aliphatic rings. The van der Waals surface area contributed by atoms with Gasteiger partial charge in [-0.2, -0.15) is 0 Å². The van der Waals surface area contributed by atoms with Gasteiger partial charge in [-0.05, 0) is 52.6 Å². The summed E-state index contributed by atoms with van der Waals surface area (Å²) in [6.07, 6.45) is 1.37. The first-order valence-electron chi connectivity index (χ1n) is 14.1. The molecule has 4 nitrogen and oxygen atoms in total. The third kappa shape index (κ3) is 4.00. The van der Waals surface area contributed by atoms with Gasteiger partial charge in [-0.25, -0.2) is 0 Å². The summed E-state index contributed by atoms with van der Waals surface area (Å²) in [5.74, 6) is 0. The zero-order chi connectivity index (χ0) is 28.0. The van der Waals surface area contributed by atoms with Gasteiger partial charge in [-0.15, -0.1) is 0 Å². The van der Waals surface area contributed by atoms with Crippen LogP contribution < -0.4 is 5.73 Å². The summed E-state index contributed by atoms with van der Waals surface area (Å²) in [5.41, 5.74) is 15.8. The Bertz CT molecular complexity index is 2240. The Morgan fingerprint density at radius 3 is 2.12 bits per heavy atom. The zero-order valence-electron chi connectivity index (χ0n) is 22.8. The van der Waals surface area contributed by atoms with Crippen molar-refractivity contribution >= 4 is 50.0 Å². The average Bonchev–Trinajstić information content (AvgIpc) is 3.60. The van der Waals surface area contributed by atoms with Gasteiger partial charge >= 0.3 is 0 Å². The topological polar surface area (TPSA) is 56.4 Å². The third-order valence-corrected chi connectivity index (χ3v) is 8.06. The van der Waals surface area contributed by atoms with Gasteiger partial charge in [0.25, 0.3) is 0 Å². The molecule has 0 saturated heterocycles. The van der Waals surface area contributed by atoms with E-state index < -0.39 is 6.17 Å². The minimum absolute atomic E-state index is 0.454. The highest BCUT2D eigenvalue weighted by Crippen LogP contribution is 2.41. The molecular formula is C38H27N3O. The van der Waals surface area contributed by atoms with Crippen molar-refractivity contribution in [3.8, 4) is 16.8 Å². The minimum atomic E-state index is -0.454. The molecule has 6 aromatic carbocycles. The maximum atomic E-state index is 6.55. The largest absolute Gasteiger partial charge is 0.454 e. The molecule has 8 aromatic rings. The minimum Gasteiger partial charge on any atom is -0.454 e. The van der Waals surface area contributed by atoms with E-state index in [9.17, 15) is 0 Å². The van der Waals surface area contributed by atoms with E-state index in [1.54, 1.807) is 0 Å². The van der Waals surface area contributed by atoms with Gasteiger partial charge in [-0.3, -0.25) is 4.99 Å². The fourth-order valence-corrected chi connectivity index (χ4v) is 5.97. The van der Waals surface area contributed by atoms with Crippen molar-refractivity contribution in [2.24, 2.45) is 10.7 Å². The lowest BCUT2D eigenvalue weighted by Gasteiger charge is -2.12. The van der Waals surface area contributed by atoms with Crippen LogP contribution in [0.15, 0.2) is 149 Å². The van der Waals surface area contributed by atoms with Gasteiger partial charge in [0.2, 0.25) is 0 Å². The molecule has 0 aliphatic heterocycles. The molecule has 42 heavy (non-hydrogen) atoms. The van der Waals surface area contributed by atoms with Gasteiger partial charge in [0, 0.05) is 33.4 Å². The number of aliphatic imine (C=N–C) groups is 1. The molecule has 200 valence electrons. The Kier molecular flexibility index (Phi) is 5.73. The van der Waals surface area contributed by atoms with Crippen molar-refractivity contribution in [3.63, 3.8) is 0 Å². The molecule has 0 bridgehead atoms. The highest BCUT2D eigenvalue weighted by molar-refractivity contribution is 6.21. The molecule has 0 aliphatic carbocycles. The Morgan fingerprint density at radius 2 is 1.31 bits per heavy atom. The quantitative estimate of drug-likeness (QED) is 0.221. The molecule has 1 unspecified atom stereocenters. The average molecular weight is 542 g/mol. The van der Waals surface area contributed by atoms with Gasteiger partial charge in [0.15, 0.2) is 5.58 Å². The van der Waals surface area contributed by atoms with E-state index in [2.05, 4.69) is 101 Å². The van der Waals surface area contributed by atoms with Crippen LogP contribution in [0.5, 0.6) is 0 Å². The highest BCUT2D eigenvalue weighted by Gasteiger charge is 2.19. The van der Waals surface area contributed by atoms with E-state index in [1.807, 2.05) is 54.7 Å². The summed E-state index contributed by atoms with van der Waals surface area (Å²) in [7, 11) is 0. The standard InChI is InChI=1S/C38H27N3O/c39-38(40-24-25-9-3-1-4-10-25)27-15-18-29(19-16-27)41-34-23-28(26-11-5-2-6-12-26)17-20-30(34)32-21-22-33-31-13-7-8-14-35(31)42-37(33)36(32)41/h1-24,38H,39H2. The van der Waals surface area contributed by atoms with Crippen molar-refractivity contribution in [2.45, 2.75) is 6.17 Å². The van der Waals surface area contributed by atoms with Crippen LogP contribution in [0.4, 0.5) is 0 Å². The second kappa shape index (κ2) is 9.88. The maximum absolute atomic E-state index is 6.55. The SMILES string of the molecule is NC(N=Cc1ccccc1)c1ccc(-n2c3cc(-c4ccccc4)ccc3c3ccc4c5ccccc5oc4c32)cc1. The maximum Gasteiger partial charge on any atom is 0.160 e. The molecular weight excluding hydrogens is 514 g/mol. The smallest absolute Gasteiger partial charge is 0.160 e. The predicted molar refractivity (Wildman–Crippen MR) is 174 cm³/mol. The second-order valence-electron chi connectivity index (χ2n) is 10.6. The lowest BCUT2D eigenvalue weighted by molar-refractivity contribution is 0.671. The van der Waals surface area contributed by atoms with Crippen LogP contribution in [0.25, 0.3) is 60.6 Å². The number of nitrogens with two attached hydrogens (primary N) is 1. The van der Waals surface area contributed by atoms with Crippen molar-refractivity contribution in [1.29, 1.82) is 0 Å². The predicted octanol–water partition coefficient (Wildman–Crippen LogP) is 9.43. The summed E-state index contributed by atoms with van der Waals surface area (Å²) in [6.45, 7) is 0. The number of fused-ring (bicyclic) bond motifs is 7. The number of hydrogen-bond acceptors (Lipinski definition) is 3. The summed E-state index contributed by atoms with van der Waals surface area (Å²) < 4.78 is 8.87. The molecule has 1 atom stereocenters. The van der Waals surface area contributed by atoms with Crippen LogP contribution in [0.1, 0.15) is 17.3 Å². The number of para-hydroxylation sites is 1. The first-order valence-corrected chi connectivity index (χ1v) is 14.1. The Hall–Kier alpha value is -5.45. The molecule has 0 saturated carbocycles. The normalized spacial score (nSPS) is 12.7. The number of benzene rings is 6.